The Morgan fingerprint density at radius 3 is 2.47 bits per heavy atom. The molecule has 104 valence electrons. The van der Waals surface area contributed by atoms with Gasteiger partial charge < -0.3 is 9.84 Å². The maximum atomic E-state index is 13.2. The predicted molar refractivity (Wildman–Crippen MR) is 63.5 cm³/mol. The van der Waals surface area contributed by atoms with Crippen molar-refractivity contribution in [3.8, 4) is 5.88 Å². The van der Waals surface area contributed by atoms with Crippen LogP contribution in [0.4, 0.5) is 8.78 Å². The Balaban J connectivity index is 2.38. The summed E-state index contributed by atoms with van der Waals surface area (Å²) in [6, 6.07) is 4.77. The Labute approximate surface area is 109 Å². The van der Waals surface area contributed by atoms with E-state index in [4.69, 9.17) is 4.74 Å². The van der Waals surface area contributed by atoms with Crippen LogP contribution in [0, 0.1) is 0 Å². The maximum Gasteiger partial charge on any atom is 0.315 e. The zero-order valence-corrected chi connectivity index (χ0v) is 10.5. The van der Waals surface area contributed by atoms with Crippen molar-refractivity contribution >= 4 is 5.97 Å². The zero-order valence-electron chi connectivity index (χ0n) is 10.5. The lowest BCUT2D eigenvalue weighted by atomic mass is 9.70. The van der Waals surface area contributed by atoms with Gasteiger partial charge in [0.05, 0.1) is 12.8 Å². The number of carbonyl (C=O) groups is 1. The molecule has 1 saturated carbocycles. The lowest BCUT2D eigenvalue weighted by molar-refractivity contribution is -0.149. The van der Waals surface area contributed by atoms with E-state index in [1.807, 2.05) is 0 Å². The molecule has 0 atom stereocenters. The number of pyridine rings is 1. The molecule has 1 N–H and O–H groups in total. The van der Waals surface area contributed by atoms with Crippen molar-refractivity contribution in [2.45, 2.75) is 37.0 Å². The van der Waals surface area contributed by atoms with Gasteiger partial charge in [0, 0.05) is 18.9 Å². The molecule has 0 saturated heterocycles. The molecule has 1 aliphatic rings. The van der Waals surface area contributed by atoms with E-state index < -0.39 is 30.1 Å². The van der Waals surface area contributed by atoms with Crippen molar-refractivity contribution in [2.75, 3.05) is 7.11 Å². The van der Waals surface area contributed by atoms with E-state index in [0.717, 1.165) is 0 Å². The third kappa shape index (κ3) is 2.52. The van der Waals surface area contributed by atoms with Crippen LogP contribution in [0.1, 0.15) is 31.4 Å². The molecule has 2 rings (SSSR count). The molecule has 6 heteroatoms. The molecular formula is C13H15F2NO3. The first-order chi connectivity index (χ1) is 8.89. The number of rotatable bonds is 3. The van der Waals surface area contributed by atoms with Gasteiger partial charge in [-0.3, -0.25) is 4.79 Å². The smallest absolute Gasteiger partial charge is 0.315 e. The van der Waals surface area contributed by atoms with Crippen molar-refractivity contribution < 1.29 is 23.4 Å². The highest BCUT2D eigenvalue weighted by atomic mass is 19.3. The van der Waals surface area contributed by atoms with Gasteiger partial charge in [-0.2, -0.15) is 0 Å². The average molecular weight is 271 g/mol. The van der Waals surface area contributed by atoms with Crippen LogP contribution in [0.15, 0.2) is 18.2 Å². The summed E-state index contributed by atoms with van der Waals surface area (Å²) >= 11 is 0. The van der Waals surface area contributed by atoms with Crippen molar-refractivity contribution in [2.24, 2.45) is 0 Å². The molecule has 1 fully saturated rings. The molecule has 1 aromatic rings. The standard InChI is InChI=1S/C13H15F2NO3/c1-19-10-4-2-3-9(16-10)12(11(17)18)5-7-13(14,15)8-6-12/h2-4H,5-8H2,1H3,(H,17,18). The van der Waals surface area contributed by atoms with Gasteiger partial charge in [0.15, 0.2) is 0 Å². The number of hydrogen-bond donors (Lipinski definition) is 1. The van der Waals surface area contributed by atoms with Gasteiger partial charge in [-0.25, -0.2) is 13.8 Å². The molecule has 4 nitrogen and oxygen atoms in total. The second kappa shape index (κ2) is 4.75. The molecule has 0 unspecified atom stereocenters. The molecule has 0 aromatic carbocycles. The van der Waals surface area contributed by atoms with Crippen LogP contribution in [0.25, 0.3) is 0 Å². The third-order valence-electron chi connectivity index (χ3n) is 3.67. The van der Waals surface area contributed by atoms with Gasteiger partial charge in [0.25, 0.3) is 0 Å². The number of nitrogens with zero attached hydrogens (tertiary/aromatic N) is 1. The molecule has 0 amide bonds. The van der Waals surface area contributed by atoms with Gasteiger partial charge in [-0.05, 0) is 18.9 Å². The molecule has 1 heterocycles. The highest BCUT2D eigenvalue weighted by molar-refractivity contribution is 5.81. The van der Waals surface area contributed by atoms with E-state index in [0.29, 0.717) is 0 Å². The first kappa shape index (κ1) is 13.7. The molecular weight excluding hydrogens is 256 g/mol. The number of hydrogen-bond acceptors (Lipinski definition) is 3. The molecule has 0 spiro atoms. The van der Waals surface area contributed by atoms with Gasteiger partial charge in [0.1, 0.15) is 5.41 Å². The van der Waals surface area contributed by atoms with Crippen LogP contribution in [-0.2, 0) is 10.2 Å². The Kier molecular flexibility index (Phi) is 3.43. The lowest BCUT2D eigenvalue weighted by Crippen LogP contribution is -2.43. The Bertz CT molecular complexity index is 481. The number of alkyl halides is 2. The third-order valence-corrected chi connectivity index (χ3v) is 3.67. The second-order valence-electron chi connectivity index (χ2n) is 4.81. The summed E-state index contributed by atoms with van der Waals surface area (Å²) in [6.45, 7) is 0. The average Bonchev–Trinajstić information content (AvgIpc) is 2.39. The Hall–Kier alpha value is -1.72. The van der Waals surface area contributed by atoms with Crippen LogP contribution in [-0.4, -0.2) is 29.1 Å². The number of carboxylic acid groups (broad SMARTS) is 1. The quantitative estimate of drug-likeness (QED) is 0.918. The van der Waals surface area contributed by atoms with Crippen LogP contribution in [0.3, 0.4) is 0 Å². The number of ether oxygens (including phenoxy) is 1. The maximum absolute atomic E-state index is 13.2. The van der Waals surface area contributed by atoms with Crippen molar-refractivity contribution in [3.63, 3.8) is 0 Å². The first-order valence-corrected chi connectivity index (χ1v) is 6.02. The van der Waals surface area contributed by atoms with Crippen molar-refractivity contribution in [1.82, 2.24) is 4.98 Å². The zero-order chi connectivity index (χ0) is 14.1. The molecule has 0 aliphatic heterocycles. The molecule has 0 bridgehead atoms. The summed E-state index contributed by atoms with van der Waals surface area (Å²) in [5.41, 5.74) is -1.05. The first-order valence-electron chi connectivity index (χ1n) is 6.02. The number of aliphatic carboxylic acids is 1. The second-order valence-corrected chi connectivity index (χ2v) is 4.81. The fourth-order valence-electron chi connectivity index (χ4n) is 2.42. The predicted octanol–water partition coefficient (Wildman–Crippen LogP) is 2.62. The van der Waals surface area contributed by atoms with E-state index in [1.165, 1.54) is 7.11 Å². The summed E-state index contributed by atoms with van der Waals surface area (Å²) in [4.78, 5) is 15.7. The fourth-order valence-corrected chi connectivity index (χ4v) is 2.42. The van der Waals surface area contributed by atoms with Gasteiger partial charge in [0.2, 0.25) is 11.8 Å². The monoisotopic (exact) mass is 271 g/mol. The Morgan fingerprint density at radius 2 is 1.95 bits per heavy atom. The van der Waals surface area contributed by atoms with Crippen molar-refractivity contribution in [1.29, 1.82) is 0 Å². The van der Waals surface area contributed by atoms with Gasteiger partial charge in [-0.1, -0.05) is 6.07 Å². The number of halogens is 2. The van der Waals surface area contributed by atoms with E-state index in [2.05, 4.69) is 4.98 Å². The summed E-state index contributed by atoms with van der Waals surface area (Å²) < 4.78 is 31.4. The molecule has 1 aliphatic carbocycles. The topological polar surface area (TPSA) is 59.4 Å². The molecule has 1 aromatic heterocycles. The fraction of sp³-hybridized carbons (Fsp3) is 0.538. The summed E-state index contributed by atoms with van der Waals surface area (Å²) in [5, 5.41) is 9.45. The van der Waals surface area contributed by atoms with Crippen LogP contribution >= 0.6 is 0 Å². The van der Waals surface area contributed by atoms with E-state index in [9.17, 15) is 18.7 Å². The highest BCUT2D eigenvalue weighted by Crippen LogP contribution is 2.45. The minimum Gasteiger partial charge on any atom is -0.481 e. The molecule has 0 radical (unpaired) electrons. The van der Waals surface area contributed by atoms with Gasteiger partial charge >= 0.3 is 5.97 Å². The number of carboxylic acids is 1. The summed E-state index contributed by atoms with van der Waals surface area (Å²) in [6.07, 6.45) is -1.10. The van der Waals surface area contributed by atoms with Gasteiger partial charge in [-0.15, -0.1) is 0 Å². The van der Waals surface area contributed by atoms with E-state index >= 15 is 0 Å². The normalized spacial score (nSPS) is 20.8. The van der Waals surface area contributed by atoms with E-state index in [-0.39, 0.29) is 24.4 Å². The van der Waals surface area contributed by atoms with Crippen LogP contribution < -0.4 is 4.74 Å². The van der Waals surface area contributed by atoms with E-state index in [1.54, 1.807) is 18.2 Å². The van der Waals surface area contributed by atoms with Crippen LogP contribution in [0.2, 0.25) is 0 Å². The largest absolute Gasteiger partial charge is 0.481 e. The number of methoxy groups -OCH3 is 1. The van der Waals surface area contributed by atoms with Crippen LogP contribution in [0.5, 0.6) is 5.88 Å². The summed E-state index contributed by atoms with van der Waals surface area (Å²) in [5.74, 6) is -3.60. The SMILES string of the molecule is COc1cccc(C2(C(=O)O)CCC(F)(F)CC2)n1. The molecule has 19 heavy (non-hydrogen) atoms. The lowest BCUT2D eigenvalue weighted by Gasteiger charge is -2.36. The minimum absolute atomic E-state index is 0.116. The van der Waals surface area contributed by atoms with Crippen molar-refractivity contribution in [3.05, 3.63) is 23.9 Å². The number of aromatic nitrogens is 1. The summed E-state index contributed by atoms with van der Waals surface area (Å²) in [7, 11) is 1.43. The highest BCUT2D eigenvalue weighted by Gasteiger charge is 2.50. The minimum atomic E-state index is -2.78. The Morgan fingerprint density at radius 1 is 1.32 bits per heavy atom.